The molecule has 1 amide bonds. The van der Waals surface area contributed by atoms with E-state index in [1.165, 1.54) is 0 Å². The van der Waals surface area contributed by atoms with Gasteiger partial charge in [0.1, 0.15) is 5.60 Å². The van der Waals surface area contributed by atoms with Gasteiger partial charge < -0.3 is 19.9 Å². The highest BCUT2D eigenvalue weighted by molar-refractivity contribution is 5.68. The first-order valence-corrected chi connectivity index (χ1v) is 6.77. The van der Waals surface area contributed by atoms with Gasteiger partial charge in [0.25, 0.3) is 0 Å². The lowest BCUT2D eigenvalue weighted by molar-refractivity contribution is 0.0291. The molecule has 1 atom stereocenters. The number of nitrogens with one attached hydrogen (secondary N) is 2. The topological polar surface area (TPSA) is 57.4 Å². The van der Waals surface area contributed by atoms with Crippen molar-refractivity contribution in [2.24, 2.45) is 0 Å². The number of carbonyl (C=O) groups excluding carboxylic acids is 1. The van der Waals surface area contributed by atoms with Crippen molar-refractivity contribution in [2.45, 2.75) is 45.4 Å². The minimum atomic E-state index is -0.424. The zero-order valence-corrected chi connectivity index (χ0v) is 11.9. The summed E-state index contributed by atoms with van der Waals surface area (Å²) in [6.45, 7) is 7.96. The van der Waals surface area contributed by atoms with Crippen molar-refractivity contribution in [3.8, 4) is 0 Å². The summed E-state index contributed by atoms with van der Waals surface area (Å²) in [5.41, 5.74) is 0.739. The van der Waals surface area contributed by atoms with Crippen LogP contribution in [0.3, 0.4) is 0 Å². The summed E-state index contributed by atoms with van der Waals surface area (Å²) in [5, 5.41) is 3.45. The largest absolute Gasteiger partial charge is 0.444 e. The number of hydrogen-bond acceptors (Lipinski definition) is 3. The summed E-state index contributed by atoms with van der Waals surface area (Å²) in [6, 6.07) is 4.38. The van der Waals surface area contributed by atoms with Crippen molar-refractivity contribution < 1.29 is 9.53 Å². The zero-order valence-electron chi connectivity index (χ0n) is 11.9. The molecule has 0 aromatic carbocycles. The van der Waals surface area contributed by atoms with Gasteiger partial charge in [-0.2, -0.15) is 0 Å². The Hall–Kier alpha value is -1.49. The van der Waals surface area contributed by atoms with E-state index in [9.17, 15) is 4.79 Å². The number of aromatic amines is 1. The highest BCUT2D eigenvalue weighted by Gasteiger charge is 2.29. The Bertz CT molecular complexity index is 409. The molecule has 0 radical (unpaired) electrons. The first-order valence-electron chi connectivity index (χ1n) is 6.77. The van der Waals surface area contributed by atoms with Crippen LogP contribution in [0, 0.1) is 0 Å². The lowest BCUT2D eigenvalue weighted by Crippen LogP contribution is -2.38. The van der Waals surface area contributed by atoms with Gasteiger partial charge in [-0.3, -0.25) is 0 Å². The molecule has 1 aliphatic heterocycles. The number of likely N-dealkylation sites (tertiary alicyclic amines) is 1. The second-order valence-corrected chi connectivity index (χ2v) is 5.99. The summed E-state index contributed by atoms with van der Waals surface area (Å²) >= 11 is 0. The maximum atomic E-state index is 11.9. The fourth-order valence-corrected chi connectivity index (χ4v) is 2.15. The van der Waals surface area contributed by atoms with Crippen LogP contribution in [0.15, 0.2) is 18.3 Å². The molecule has 2 heterocycles. The van der Waals surface area contributed by atoms with Crippen molar-refractivity contribution in [3.63, 3.8) is 0 Å². The number of ether oxygens (including phenoxy) is 1. The third kappa shape index (κ3) is 4.28. The molecule has 1 aliphatic rings. The Kier molecular flexibility index (Phi) is 4.14. The molecule has 1 fully saturated rings. The summed E-state index contributed by atoms with van der Waals surface area (Å²) in [7, 11) is 0. The van der Waals surface area contributed by atoms with E-state index < -0.39 is 5.60 Å². The SMILES string of the molecule is CC(C)(C)OC(=O)N1CCC(NCc2ccc[nH]2)C1. The molecule has 1 unspecified atom stereocenters. The second kappa shape index (κ2) is 5.65. The van der Waals surface area contributed by atoms with E-state index in [-0.39, 0.29) is 6.09 Å². The van der Waals surface area contributed by atoms with Crippen LogP contribution in [0.25, 0.3) is 0 Å². The molecule has 19 heavy (non-hydrogen) atoms. The van der Waals surface area contributed by atoms with Gasteiger partial charge in [0.2, 0.25) is 0 Å². The highest BCUT2D eigenvalue weighted by atomic mass is 16.6. The number of rotatable bonds is 3. The van der Waals surface area contributed by atoms with E-state index in [4.69, 9.17) is 4.74 Å². The molecule has 5 heteroatoms. The van der Waals surface area contributed by atoms with Crippen LogP contribution in [0.2, 0.25) is 0 Å². The van der Waals surface area contributed by atoms with Crippen molar-refractivity contribution in [1.82, 2.24) is 15.2 Å². The van der Waals surface area contributed by atoms with Crippen molar-refractivity contribution in [1.29, 1.82) is 0 Å². The van der Waals surface area contributed by atoms with Gasteiger partial charge in [-0.25, -0.2) is 4.79 Å². The molecule has 0 aliphatic carbocycles. The van der Waals surface area contributed by atoms with E-state index in [1.807, 2.05) is 39.1 Å². The van der Waals surface area contributed by atoms with E-state index in [2.05, 4.69) is 10.3 Å². The maximum absolute atomic E-state index is 11.9. The van der Waals surface area contributed by atoms with Crippen LogP contribution in [0.1, 0.15) is 32.9 Å². The van der Waals surface area contributed by atoms with Crippen molar-refractivity contribution >= 4 is 6.09 Å². The number of hydrogen-bond donors (Lipinski definition) is 2. The second-order valence-electron chi connectivity index (χ2n) is 5.99. The Morgan fingerprint density at radius 2 is 2.37 bits per heavy atom. The van der Waals surface area contributed by atoms with Gasteiger partial charge in [0.15, 0.2) is 0 Å². The molecule has 0 saturated carbocycles. The van der Waals surface area contributed by atoms with E-state index in [0.717, 1.165) is 31.7 Å². The van der Waals surface area contributed by atoms with Gasteiger partial charge in [0.05, 0.1) is 0 Å². The smallest absolute Gasteiger partial charge is 0.410 e. The fourth-order valence-electron chi connectivity index (χ4n) is 2.15. The summed E-state index contributed by atoms with van der Waals surface area (Å²) in [6.07, 6.45) is 2.68. The predicted octanol–water partition coefficient (Wildman–Crippen LogP) is 2.11. The third-order valence-corrected chi connectivity index (χ3v) is 3.08. The first kappa shape index (κ1) is 13.9. The Morgan fingerprint density at radius 1 is 1.58 bits per heavy atom. The predicted molar refractivity (Wildman–Crippen MR) is 73.8 cm³/mol. The van der Waals surface area contributed by atoms with Gasteiger partial charge in [-0.1, -0.05) is 0 Å². The Morgan fingerprint density at radius 3 is 3.00 bits per heavy atom. The first-order chi connectivity index (χ1) is 8.94. The standard InChI is InChI=1S/C14H23N3O2/c1-14(2,3)19-13(18)17-8-6-12(10-17)16-9-11-5-4-7-15-11/h4-5,7,12,15-16H,6,8-10H2,1-3H3. The van der Waals surface area contributed by atoms with Crippen LogP contribution in [0.4, 0.5) is 4.79 Å². The van der Waals surface area contributed by atoms with Gasteiger partial charge in [-0.15, -0.1) is 0 Å². The third-order valence-electron chi connectivity index (χ3n) is 3.08. The molecule has 5 nitrogen and oxygen atoms in total. The normalized spacial score (nSPS) is 19.7. The van der Waals surface area contributed by atoms with Gasteiger partial charge in [-0.05, 0) is 39.3 Å². The minimum Gasteiger partial charge on any atom is -0.444 e. The van der Waals surface area contributed by atoms with Crippen molar-refractivity contribution in [2.75, 3.05) is 13.1 Å². The lowest BCUT2D eigenvalue weighted by atomic mass is 10.2. The van der Waals surface area contributed by atoms with Crippen LogP contribution in [-0.4, -0.2) is 40.7 Å². The molecule has 0 bridgehead atoms. The summed E-state index contributed by atoms with van der Waals surface area (Å²) in [5.74, 6) is 0. The number of amides is 1. The average molecular weight is 265 g/mol. The monoisotopic (exact) mass is 265 g/mol. The fraction of sp³-hybridized carbons (Fsp3) is 0.643. The Balaban J connectivity index is 1.75. The minimum absolute atomic E-state index is 0.211. The zero-order chi connectivity index (χ0) is 13.9. The molecule has 0 spiro atoms. The molecular formula is C14H23N3O2. The van der Waals surface area contributed by atoms with Crippen LogP contribution in [-0.2, 0) is 11.3 Å². The van der Waals surface area contributed by atoms with E-state index >= 15 is 0 Å². The highest BCUT2D eigenvalue weighted by Crippen LogP contribution is 2.15. The van der Waals surface area contributed by atoms with Crippen LogP contribution < -0.4 is 5.32 Å². The quantitative estimate of drug-likeness (QED) is 0.880. The van der Waals surface area contributed by atoms with E-state index in [1.54, 1.807) is 4.90 Å². The number of nitrogens with zero attached hydrogens (tertiary/aromatic N) is 1. The maximum Gasteiger partial charge on any atom is 0.410 e. The molecule has 2 rings (SSSR count). The average Bonchev–Trinajstić information content (AvgIpc) is 2.96. The summed E-state index contributed by atoms with van der Waals surface area (Å²) in [4.78, 5) is 16.8. The Labute approximate surface area is 114 Å². The van der Waals surface area contributed by atoms with Crippen LogP contribution >= 0.6 is 0 Å². The van der Waals surface area contributed by atoms with E-state index in [0.29, 0.717) is 6.04 Å². The summed E-state index contributed by atoms with van der Waals surface area (Å²) < 4.78 is 5.37. The lowest BCUT2D eigenvalue weighted by Gasteiger charge is -2.24. The molecular weight excluding hydrogens is 242 g/mol. The van der Waals surface area contributed by atoms with Gasteiger partial charge in [0, 0.05) is 37.6 Å². The number of H-pyrrole nitrogens is 1. The number of aromatic nitrogens is 1. The molecule has 1 aromatic heterocycles. The van der Waals surface area contributed by atoms with Crippen LogP contribution in [0.5, 0.6) is 0 Å². The molecule has 2 N–H and O–H groups in total. The molecule has 1 saturated heterocycles. The van der Waals surface area contributed by atoms with Gasteiger partial charge >= 0.3 is 6.09 Å². The molecule has 1 aromatic rings. The number of carbonyl (C=O) groups is 1. The van der Waals surface area contributed by atoms with Crippen molar-refractivity contribution in [3.05, 3.63) is 24.0 Å². The molecule has 106 valence electrons.